The van der Waals surface area contributed by atoms with Gasteiger partial charge in [-0.3, -0.25) is 0 Å². The van der Waals surface area contributed by atoms with Gasteiger partial charge in [-0.25, -0.2) is 0 Å². The van der Waals surface area contributed by atoms with Crippen LogP contribution in [-0.4, -0.2) is 11.7 Å². The van der Waals surface area contributed by atoms with Gasteiger partial charge in [0.1, 0.15) is 5.75 Å². The van der Waals surface area contributed by atoms with Crippen LogP contribution in [0.4, 0.5) is 0 Å². The lowest BCUT2D eigenvalue weighted by Gasteiger charge is -2.33. The van der Waals surface area contributed by atoms with Crippen molar-refractivity contribution in [2.24, 2.45) is 5.41 Å². The van der Waals surface area contributed by atoms with Gasteiger partial charge in [0.2, 0.25) is 0 Å². The van der Waals surface area contributed by atoms with Crippen LogP contribution in [0.5, 0.6) is 5.75 Å². The summed E-state index contributed by atoms with van der Waals surface area (Å²) >= 11 is 5.33. The number of rotatable bonds is 3. The van der Waals surface area contributed by atoms with Crippen molar-refractivity contribution >= 4 is 17.3 Å². The lowest BCUT2D eigenvalue weighted by molar-refractivity contribution is 0.334. The summed E-state index contributed by atoms with van der Waals surface area (Å²) in [4.78, 5) is 0. The van der Waals surface area contributed by atoms with Crippen LogP contribution in [0.25, 0.3) is 0 Å². The van der Waals surface area contributed by atoms with E-state index in [1.54, 1.807) is 0 Å². The predicted octanol–water partition coefficient (Wildman–Crippen LogP) is 3.53. The highest BCUT2D eigenvalue weighted by atomic mass is 32.1. The van der Waals surface area contributed by atoms with E-state index in [0.29, 0.717) is 11.7 Å². The van der Waals surface area contributed by atoms with Crippen LogP contribution in [0.15, 0.2) is 36.0 Å². The monoisotopic (exact) mass is 290 g/mol. The normalized spacial score (nSPS) is 18.9. The lowest BCUT2D eigenvalue weighted by Crippen LogP contribution is -2.44. The van der Waals surface area contributed by atoms with Crippen molar-refractivity contribution < 1.29 is 4.74 Å². The van der Waals surface area contributed by atoms with Crippen molar-refractivity contribution in [3.05, 3.63) is 41.6 Å². The first-order chi connectivity index (χ1) is 9.41. The van der Waals surface area contributed by atoms with E-state index in [-0.39, 0.29) is 11.5 Å². The third kappa shape index (κ3) is 3.31. The molecule has 1 aliphatic rings. The zero-order valence-electron chi connectivity index (χ0n) is 12.5. The molecule has 1 unspecified atom stereocenters. The lowest BCUT2D eigenvalue weighted by atomic mass is 9.88. The van der Waals surface area contributed by atoms with Gasteiger partial charge in [-0.1, -0.05) is 39.0 Å². The number of hydrogen-bond acceptors (Lipinski definition) is 2. The average Bonchev–Trinajstić information content (AvgIpc) is 2.38. The van der Waals surface area contributed by atoms with E-state index >= 15 is 0 Å². The Balaban J connectivity index is 2.39. The molecule has 20 heavy (non-hydrogen) atoms. The predicted molar refractivity (Wildman–Crippen MR) is 86.8 cm³/mol. The molecule has 3 nitrogen and oxygen atoms in total. The van der Waals surface area contributed by atoms with Gasteiger partial charge in [-0.2, -0.15) is 0 Å². The molecule has 0 saturated heterocycles. The molecule has 1 heterocycles. The molecule has 108 valence electrons. The maximum atomic E-state index is 5.71. The summed E-state index contributed by atoms with van der Waals surface area (Å²) in [5, 5.41) is 7.21. The average molecular weight is 290 g/mol. The van der Waals surface area contributed by atoms with Gasteiger partial charge in [0.15, 0.2) is 5.11 Å². The third-order valence-corrected chi connectivity index (χ3v) is 3.45. The second-order valence-corrected chi connectivity index (χ2v) is 6.29. The van der Waals surface area contributed by atoms with E-state index in [9.17, 15) is 0 Å². The maximum absolute atomic E-state index is 5.71. The van der Waals surface area contributed by atoms with E-state index in [1.165, 1.54) is 0 Å². The van der Waals surface area contributed by atoms with Gasteiger partial charge in [0, 0.05) is 16.7 Å². The highest BCUT2D eigenvalue weighted by Crippen LogP contribution is 2.32. The van der Waals surface area contributed by atoms with Gasteiger partial charge in [0.25, 0.3) is 0 Å². The Morgan fingerprint density at radius 2 is 1.95 bits per heavy atom. The van der Waals surface area contributed by atoms with Crippen LogP contribution in [0, 0.1) is 5.41 Å². The summed E-state index contributed by atoms with van der Waals surface area (Å²) in [6.45, 7) is 9.16. The zero-order chi connectivity index (χ0) is 14.8. The molecule has 0 aliphatic carbocycles. The van der Waals surface area contributed by atoms with Crippen LogP contribution < -0.4 is 15.4 Å². The topological polar surface area (TPSA) is 33.3 Å². The summed E-state index contributed by atoms with van der Waals surface area (Å²) < 4.78 is 5.71. The zero-order valence-corrected chi connectivity index (χ0v) is 13.3. The Labute approximate surface area is 126 Å². The smallest absolute Gasteiger partial charge is 0.171 e. The Hall–Kier alpha value is -1.55. The Kier molecular flexibility index (Phi) is 4.33. The minimum Gasteiger partial charge on any atom is -0.494 e. The number of benzene rings is 1. The van der Waals surface area contributed by atoms with Gasteiger partial charge in [0.05, 0.1) is 12.6 Å². The highest BCUT2D eigenvalue weighted by Gasteiger charge is 2.26. The van der Waals surface area contributed by atoms with E-state index < -0.39 is 0 Å². The third-order valence-electron chi connectivity index (χ3n) is 3.23. The standard InChI is InChI=1S/C16H22N2OS/c1-5-19-13-9-7-6-8-11(13)12-10-14(16(2,3)4)18-15(20)17-12/h6-10,12H,5H2,1-4H3,(H2,17,18,20). The minimum atomic E-state index is 0.0327. The molecular formula is C16H22N2OS. The number of ether oxygens (including phenoxy) is 1. The van der Waals surface area contributed by atoms with E-state index in [2.05, 4.69) is 43.5 Å². The second kappa shape index (κ2) is 5.83. The molecular weight excluding hydrogens is 268 g/mol. The van der Waals surface area contributed by atoms with Crippen molar-refractivity contribution in [1.29, 1.82) is 0 Å². The largest absolute Gasteiger partial charge is 0.494 e. The molecule has 1 atom stereocenters. The molecule has 0 bridgehead atoms. The summed E-state index contributed by atoms with van der Waals surface area (Å²) in [7, 11) is 0. The Morgan fingerprint density at radius 3 is 2.60 bits per heavy atom. The van der Waals surface area contributed by atoms with Gasteiger partial charge in [-0.15, -0.1) is 0 Å². The quantitative estimate of drug-likeness (QED) is 0.834. The molecule has 0 amide bonds. The second-order valence-electron chi connectivity index (χ2n) is 5.88. The van der Waals surface area contributed by atoms with Crippen molar-refractivity contribution in [2.75, 3.05) is 6.61 Å². The number of nitrogens with one attached hydrogen (secondary N) is 2. The van der Waals surface area contributed by atoms with Gasteiger partial charge >= 0.3 is 0 Å². The molecule has 0 aromatic heterocycles. The van der Waals surface area contributed by atoms with Crippen LogP contribution in [0.2, 0.25) is 0 Å². The summed E-state index contributed by atoms with van der Waals surface area (Å²) in [6.07, 6.45) is 2.19. The Morgan fingerprint density at radius 1 is 1.25 bits per heavy atom. The summed E-state index contributed by atoms with van der Waals surface area (Å²) in [6, 6.07) is 8.13. The SMILES string of the molecule is CCOc1ccccc1C1C=C(C(C)(C)C)NC(=S)N1. The van der Waals surface area contributed by atoms with Crippen LogP contribution in [0.1, 0.15) is 39.3 Å². The van der Waals surface area contributed by atoms with Crippen LogP contribution in [-0.2, 0) is 0 Å². The number of allylic oxidation sites excluding steroid dienone is 1. The molecule has 2 rings (SSSR count). The van der Waals surface area contributed by atoms with Crippen molar-refractivity contribution in [3.8, 4) is 5.75 Å². The first-order valence-corrected chi connectivity index (χ1v) is 7.34. The minimum absolute atomic E-state index is 0.0327. The summed E-state index contributed by atoms with van der Waals surface area (Å²) in [5.74, 6) is 0.904. The van der Waals surface area contributed by atoms with Crippen molar-refractivity contribution in [1.82, 2.24) is 10.6 Å². The molecule has 2 N–H and O–H groups in total. The summed E-state index contributed by atoms with van der Waals surface area (Å²) in [5.41, 5.74) is 2.28. The number of para-hydroxylation sites is 1. The Bertz CT molecular complexity index is 532. The maximum Gasteiger partial charge on any atom is 0.171 e. The fourth-order valence-corrected chi connectivity index (χ4v) is 2.42. The number of hydrogen-bond donors (Lipinski definition) is 2. The molecule has 1 aromatic rings. The molecule has 0 saturated carbocycles. The fourth-order valence-electron chi connectivity index (χ4n) is 2.18. The van der Waals surface area contributed by atoms with Crippen LogP contribution >= 0.6 is 12.2 Å². The molecule has 1 aromatic carbocycles. The van der Waals surface area contributed by atoms with E-state index in [0.717, 1.165) is 17.0 Å². The van der Waals surface area contributed by atoms with Crippen LogP contribution in [0.3, 0.4) is 0 Å². The first-order valence-electron chi connectivity index (χ1n) is 6.93. The molecule has 0 radical (unpaired) electrons. The van der Waals surface area contributed by atoms with E-state index in [4.69, 9.17) is 17.0 Å². The first kappa shape index (κ1) is 14.9. The molecule has 4 heteroatoms. The van der Waals surface area contributed by atoms with Gasteiger partial charge < -0.3 is 15.4 Å². The molecule has 0 spiro atoms. The van der Waals surface area contributed by atoms with Crippen molar-refractivity contribution in [2.45, 2.75) is 33.7 Å². The molecule has 1 aliphatic heterocycles. The van der Waals surface area contributed by atoms with Gasteiger partial charge in [-0.05, 0) is 31.3 Å². The van der Waals surface area contributed by atoms with E-state index in [1.807, 2.05) is 25.1 Å². The fraction of sp³-hybridized carbons (Fsp3) is 0.438. The highest BCUT2D eigenvalue weighted by molar-refractivity contribution is 7.80. The molecule has 0 fully saturated rings. The van der Waals surface area contributed by atoms with Crippen molar-refractivity contribution in [3.63, 3.8) is 0 Å². The number of thiocarbonyl (C=S) groups is 1.